The Kier molecular flexibility index (Phi) is 5.67. The minimum absolute atomic E-state index is 0.627. The molecule has 1 heterocycles. The van der Waals surface area contributed by atoms with Crippen LogP contribution in [0.2, 0.25) is 0 Å². The average molecular weight is 263 g/mol. The molecule has 3 heteroatoms. The first kappa shape index (κ1) is 14.4. The molecular weight excluding hydrogens is 238 g/mol. The van der Waals surface area contributed by atoms with Crippen LogP contribution in [0.5, 0.6) is 5.75 Å². The van der Waals surface area contributed by atoms with Crippen LogP contribution >= 0.6 is 0 Å². The number of hydrogen-bond donors (Lipinski definition) is 0. The van der Waals surface area contributed by atoms with Crippen molar-refractivity contribution in [3.05, 3.63) is 29.3 Å². The van der Waals surface area contributed by atoms with Gasteiger partial charge in [-0.25, -0.2) is 0 Å². The zero-order valence-electron chi connectivity index (χ0n) is 12.2. The lowest BCUT2D eigenvalue weighted by atomic mass is 10.1. The summed E-state index contributed by atoms with van der Waals surface area (Å²) in [5.41, 5.74) is 2.57. The van der Waals surface area contributed by atoms with E-state index in [-0.39, 0.29) is 0 Å². The molecule has 0 amide bonds. The number of likely N-dealkylation sites (tertiary alicyclic amines) is 1. The smallest absolute Gasteiger partial charge is 0.119 e. The molecule has 19 heavy (non-hydrogen) atoms. The van der Waals surface area contributed by atoms with E-state index in [1.54, 1.807) is 0 Å². The molecule has 3 nitrogen and oxygen atoms in total. The van der Waals surface area contributed by atoms with Crippen LogP contribution in [0, 0.1) is 13.8 Å². The molecule has 0 spiro atoms. The van der Waals surface area contributed by atoms with Crippen LogP contribution < -0.4 is 4.74 Å². The predicted octanol–water partition coefficient (Wildman–Crippen LogP) is 2.79. The maximum absolute atomic E-state index is 5.68. The molecule has 2 rings (SSSR count). The fraction of sp³-hybridized carbons (Fsp3) is 0.625. The minimum atomic E-state index is 0.627. The van der Waals surface area contributed by atoms with Crippen LogP contribution in [-0.2, 0) is 4.74 Å². The lowest BCUT2D eigenvalue weighted by molar-refractivity contribution is 0.0846. The van der Waals surface area contributed by atoms with Crippen molar-refractivity contribution in [1.82, 2.24) is 4.90 Å². The van der Waals surface area contributed by atoms with Gasteiger partial charge in [-0.15, -0.1) is 0 Å². The minimum Gasteiger partial charge on any atom is -0.491 e. The Balaban J connectivity index is 1.54. The molecule has 0 aromatic heterocycles. The van der Waals surface area contributed by atoms with Crippen molar-refractivity contribution in [3.63, 3.8) is 0 Å². The molecular formula is C16H25NO2. The Bertz CT molecular complexity index is 386. The maximum Gasteiger partial charge on any atom is 0.119 e. The molecule has 1 aliphatic rings. The second-order valence-electron chi connectivity index (χ2n) is 5.26. The van der Waals surface area contributed by atoms with E-state index in [0.717, 1.165) is 18.9 Å². The van der Waals surface area contributed by atoms with Gasteiger partial charge in [0, 0.05) is 6.54 Å². The molecule has 1 aliphatic heterocycles. The molecule has 1 saturated heterocycles. The molecule has 0 radical (unpaired) electrons. The highest BCUT2D eigenvalue weighted by Crippen LogP contribution is 2.16. The Hall–Kier alpha value is -1.06. The van der Waals surface area contributed by atoms with Gasteiger partial charge in [-0.3, -0.25) is 0 Å². The van der Waals surface area contributed by atoms with Crippen molar-refractivity contribution < 1.29 is 9.47 Å². The molecule has 0 bridgehead atoms. The van der Waals surface area contributed by atoms with Crippen molar-refractivity contribution >= 4 is 0 Å². The van der Waals surface area contributed by atoms with Crippen molar-refractivity contribution in [3.8, 4) is 5.75 Å². The topological polar surface area (TPSA) is 21.7 Å². The highest BCUT2D eigenvalue weighted by Gasteiger charge is 2.10. The van der Waals surface area contributed by atoms with Crippen LogP contribution in [0.15, 0.2) is 18.2 Å². The van der Waals surface area contributed by atoms with E-state index >= 15 is 0 Å². The molecule has 0 saturated carbocycles. The van der Waals surface area contributed by atoms with Crippen LogP contribution in [0.4, 0.5) is 0 Å². The van der Waals surface area contributed by atoms with Crippen molar-refractivity contribution in [1.29, 1.82) is 0 Å². The largest absolute Gasteiger partial charge is 0.491 e. The second kappa shape index (κ2) is 7.51. The van der Waals surface area contributed by atoms with Crippen molar-refractivity contribution in [2.24, 2.45) is 0 Å². The summed E-state index contributed by atoms with van der Waals surface area (Å²) in [7, 11) is 0. The van der Waals surface area contributed by atoms with Gasteiger partial charge >= 0.3 is 0 Å². The Labute approximate surface area is 116 Å². The highest BCUT2D eigenvalue weighted by atomic mass is 16.5. The SMILES string of the molecule is Cc1ccc(OCCOCCN2CCCC2)cc1C. The van der Waals surface area contributed by atoms with Gasteiger partial charge in [0.1, 0.15) is 12.4 Å². The summed E-state index contributed by atoms with van der Waals surface area (Å²) < 4.78 is 11.3. The van der Waals surface area contributed by atoms with E-state index in [2.05, 4.69) is 30.9 Å². The predicted molar refractivity (Wildman–Crippen MR) is 77.9 cm³/mol. The van der Waals surface area contributed by atoms with Crippen molar-refractivity contribution in [2.45, 2.75) is 26.7 Å². The van der Waals surface area contributed by atoms with Gasteiger partial charge < -0.3 is 14.4 Å². The third kappa shape index (κ3) is 4.84. The first-order chi connectivity index (χ1) is 9.25. The van der Waals surface area contributed by atoms with E-state index < -0.39 is 0 Å². The number of rotatable bonds is 7. The number of aryl methyl sites for hydroxylation is 2. The summed E-state index contributed by atoms with van der Waals surface area (Å²) in [5.74, 6) is 0.936. The fourth-order valence-electron chi connectivity index (χ4n) is 2.32. The van der Waals surface area contributed by atoms with Crippen LogP contribution in [0.3, 0.4) is 0 Å². The zero-order valence-corrected chi connectivity index (χ0v) is 12.2. The molecule has 0 atom stereocenters. The van der Waals surface area contributed by atoms with Gasteiger partial charge in [0.25, 0.3) is 0 Å². The maximum atomic E-state index is 5.68. The van der Waals surface area contributed by atoms with Gasteiger partial charge in [-0.1, -0.05) is 6.07 Å². The lowest BCUT2D eigenvalue weighted by Crippen LogP contribution is -2.24. The molecule has 0 unspecified atom stereocenters. The third-order valence-electron chi connectivity index (χ3n) is 3.73. The highest BCUT2D eigenvalue weighted by molar-refractivity contribution is 5.33. The number of nitrogens with zero attached hydrogens (tertiary/aromatic N) is 1. The van der Waals surface area contributed by atoms with Gasteiger partial charge in [-0.2, -0.15) is 0 Å². The molecule has 1 fully saturated rings. The van der Waals surface area contributed by atoms with E-state index in [0.29, 0.717) is 13.2 Å². The third-order valence-corrected chi connectivity index (χ3v) is 3.73. The number of hydrogen-bond acceptors (Lipinski definition) is 3. The van der Waals surface area contributed by atoms with Crippen molar-refractivity contribution in [2.75, 3.05) is 39.5 Å². The van der Waals surface area contributed by atoms with Crippen LogP contribution in [0.1, 0.15) is 24.0 Å². The van der Waals surface area contributed by atoms with Crippen LogP contribution in [0.25, 0.3) is 0 Å². The zero-order chi connectivity index (χ0) is 13.5. The van der Waals surface area contributed by atoms with Gasteiger partial charge in [0.2, 0.25) is 0 Å². The monoisotopic (exact) mass is 263 g/mol. The summed E-state index contributed by atoms with van der Waals surface area (Å²) in [4.78, 5) is 2.46. The summed E-state index contributed by atoms with van der Waals surface area (Å²) in [6, 6.07) is 6.20. The standard InChI is InChI=1S/C16H25NO2/c1-14-5-6-16(13-15(14)2)19-12-11-18-10-9-17-7-3-4-8-17/h5-6,13H,3-4,7-12H2,1-2H3. The van der Waals surface area contributed by atoms with Gasteiger partial charge in [0.05, 0.1) is 13.2 Å². The second-order valence-corrected chi connectivity index (χ2v) is 5.26. The summed E-state index contributed by atoms with van der Waals surface area (Å²) in [6.45, 7) is 9.86. The first-order valence-corrected chi connectivity index (χ1v) is 7.26. The van der Waals surface area contributed by atoms with E-state index in [1.165, 1.54) is 37.1 Å². The molecule has 106 valence electrons. The first-order valence-electron chi connectivity index (χ1n) is 7.26. The quantitative estimate of drug-likeness (QED) is 0.706. The summed E-state index contributed by atoms with van der Waals surface area (Å²) in [5, 5.41) is 0. The molecule has 1 aromatic carbocycles. The normalized spacial score (nSPS) is 15.9. The molecule has 0 aliphatic carbocycles. The number of benzene rings is 1. The summed E-state index contributed by atoms with van der Waals surface area (Å²) in [6.07, 6.45) is 2.69. The van der Waals surface area contributed by atoms with E-state index in [4.69, 9.17) is 9.47 Å². The summed E-state index contributed by atoms with van der Waals surface area (Å²) >= 11 is 0. The van der Waals surface area contributed by atoms with Gasteiger partial charge in [-0.05, 0) is 63.0 Å². The average Bonchev–Trinajstić information content (AvgIpc) is 2.91. The molecule has 1 aromatic rings. The van der Waals surface area contributed by atoms with E-state index in [9.17, 15) is 0 Å². The molecule has 0 N–H and O–H groups in total. The number of ether oxygens (including phenoxy) is 2. The fourth-order valence-corrected chi connectivity index (χ4v) is 2.32. The lowest BCUT2D eigenvalue weighted by Gasteiger charge is -2.14. The Morgan fingerprint density at radius 2 is 1.79 bits per heavy atom. The Morgan fingerprint density at radius 3 is 2.53 bits per heavy atom. The van der Waals surface area contributed by atoms with Gasteiger partial charge in [0.15, 0.2) is 0 Å². The Morgan fingerprint density at radius 1 is 1.00 bits per heavy atom. The van der Waals surface area contributed by atoms with E-state index in [1.807, 2.05) is 6.07 Å². The van der Waals surface area contributed by atoms with Crippen LogP contribution in [-0.4, -0.2) is 44.4 Å².